The first-order valence-corrected chi connectivity index (χ1v) is 6.89. The fourth-order valence-corrected chi connectivity index (χ4v) is 2.29. The van der Waals surface area contributed by atoms with Crippen LogP contribution >= 0.6 is 11.8 Å². The van der Waals surface area contributed by atoms with Gasteiger partial charge in [0.15, 0.2) is 9.84 Å². The first-order chi connectivity index (χ1) is 7.94. The van der Waals surface area contributed by atoms with E-state index in [9.17, 15) is 18.5 Å². The summed E-state index contributed by atoms with van der Waals surface area (Å²) < 4.78 is 22.1. The molecule has 0 atom stereocenters. The van der Waals surface area contributed by atoms with Gasteiger partial charge in [0.05, 0.1) is 4.92 Å². The Balaban J connectivity index is 2.71. The molecule has 7 heteroatoms. The van der Waals surface area contributed by atoms with Gasteiger partial charge < -0.3 is 0 Å². The molecule has 0 aromatic heterocycles. The number of nitro benzene ring substituents is 1. The number of rotatable bonds is 5. The Morgan fingerprint density at radius 2 is 1.88 bits per heavy atom. The van der Waals surface area contributed by atoms with E-state index in [0.717, 1.165) is 22.6 Å². The van der Waals surface area contributed by atoms with Gasteiger partial charge in [0.2, 0.25) is 0 Å². The van der Waals surface area contributed by atoms with Crippen LogP contribution < -0.4 is 0 Å². The monoisotopic (exact) mass is 271 g/mol. The normalized spacial score (nSPS) is 11.5. The number of hydrogen-bond acceptors (Lipinski definition) is 5. The van der Waals surface area contributed by atoms with E-state index in [1.807, 2.05) is 0 Å². The summed E-state index contributed by atoms with van der Waals surface area (Å²) in [6.45, 7) is 3.17. The summed E-state index contributed by atoms with van der Waals surface area (Å²) in [6, 6.07) is 5.82. The van der Waals surface area contributed by atoms with Crippen molar-refractivity contribution in [1.82, 2.24) is 0 Å². The highest BCUT2D eigenvalue weighted by Gasteiger charge is 2.03. The lowest BCUT2D eigenvalue weighted by molar-refractivity contribution is -0.384. The van der Waals surface area contributed by atoms with Gasteiger partial charge in [-0.25, -0.2) is 8.42 Å². The van der Waals surface area contributed by atoms with Gasteiger partial charge in [0, 0.05) is 27.8 Å². The minimum atomic E-state index is -3.36. The molecule has 0 radical (unpaired) electrons. The van der Waals surface area contributed by atoms with Gasteiger partial charge in [-0.2, -0.15) is 0 Å². The SMILES string of the molecule is C=CS(=O)(=O)C=CSc1ccc([N+](=O)[O-])cc1. The molecule has 17 heavy (non-hydrogen) atoms. The molecule has 5 nitrogen and oxygen atoms in total. The third-order valence-electron chi connectivity index (χ3n) is 1.73. The van der Waals surface area contributed by atoms with Crippen LogP contribution in [-0.2, 0) is 9.84 Å². The zero-order valence-corrected chi connectivity index (χ0v) is 10.3. The molecule has 0 aliphatic carbocycles. The Morgan fingerprint density at radius 3 is 2.35 bits per heavy atom. The molecule has 0 spiro atoms. The zero-order chi connectivity index (χ0) is 12.9. The Morgan fingerprint density at radius 1 is 1.29 bits per heavy atom. The number of hydrogen-bond donors (Lipinski definition) is 0. The molecule has 0 amide bonds. The molecule has 1 aromatic rings. The van der Waals surface area contributed by atoms with E-state index in [-0.39, 0.29) is 5.69 Å². The molecule has 0 bridgehead atoms. The molecular weight excluding hydrogens is 262 g/mol. The molecule has 0 aliphatic heterocycles. The van der Waals surface area contributed by atoms with Crippen LogP contribution in [0.15, 0.2) is 52.0 Å². The summed E-state index contributed by atoms with van der Waals surface area (Å²) in [5, 5.41) is 13.6. The van der Waals surface area contributed by atoms with Crippen molar-refractivity contribution in [1.29, 1.82) is 0 Å². The summed E-state index contributed by atoms with van der Waals surface area (Å²) in [5.41, 5.74) is -0.00274. The summed E-state index contributed by atoms with van der Waals surface area (Å²) in [6.07, 6.45) is 0. The predicted octanol–water partition coefficient (Wildman–Crippen LogP) is 2.72. The highest BCUT2D eigenvalue weighted by atomic mass is 32.2. The number of benzene rings is 1. The van der Waals surface area contributed by atoms with Crippen molar-refractivity contribution in [2.45, 2.75) is 4.90 Å². The van der Waals surface area contributed by atoms with Crippen molar-refractivity contribution in [2.24, 2.45) is 0 Å². The minimum absolute atomic E-state index is 0.00274. The van der Waals surface area contributed by atoms with Gasteiger partial charge in [0.1, 0.15) is 0 Å². The lowest BCUT2D eigenvalue weighted by atomic mass is 10.3. The minimum Gasteiger partial charge on any atom is -0.258 e. The van der Waals surface area contributed by atoms with E-state index in [4.69, 9.17) is 0 Å². The largest absolute Gasteiger partial charge is 0.269 e. The Kier molecular flexibility index (Phi) is 4.47. The van der Waals surface area contributed by atoms with Gasteiger partial charge in [-0.05, 0) is 17.5 Å². The van der Waals surface area contributed by atoms with Gasteiger partial charge in [-0.1, -0.05) is 18.3 Å². The van der Waals surface area contributed by atoms with Crippen molar-refractivity contribution in [3.63, 3.8) is 0 Å². The molecule has 0 unspecified atom stereocenters. The number of thioether (sulfide) groups is 1. The van der Waals surface area contributed by atoms with Crippen molar-refractivity contribution >= 4 is 27.3 Å². The molecule has 0 aliphatic rings. The Labute approximate surface area is 103 Å². The molecular formula is C10H9NO4S2. The second-order valence-corrected chi connectivity index (χ2v) is 5.66. The summed E-state index contributed by atoms with van der Waals surface area (Å²) in [5.74, 6) is 0. The third kappa shape index (κ3) is 4.41. The van der Waals surface area contributed by atoms with Gasteiger partial charge >= 0.3 is 0 Å². The van der Waals surface area contributed by atoms with Crippen molar-refractivity contribution in [3.05, 3.63) is 57.2 Å². The van der Waals surface area contributed by atoms with E-state index < -0.39 is 14.8 Å². The average Bonchev–Trinajstić information content (AvgIpc) is 2.29. The second kappa shape index (κ2) is 5.65. The third-order valence-corrected chi connectivity index (χ3v) is 3.70. The molecule has 90 valence electrons. The van der Waals surface area contributed by atoms with Gasteiger partial charge in [-0.15, -0.1) is 0 Å². The molecule has 0 saturated carbocycles. The van der Waals surface area contributed by atoms with Crippen LogP contribution in [0.2, 0.25) is 0 Å². The molecule has 1 aromatic carbocycles. The van der Waals surface area contributed by atoms with E-state index >= 15 is 0 Å². The molecule has 0 fully saturated rings. The van der Waals surface area contributed by atoms with Crippen molar-refractivity contribution in [3.8, 4) is 0 Å². The van der Waals surface area contributed by atoms with Crippen LogP contribution in [0.1, 0.15) is 0 Å². The summed E-state index contributed by atoms with van der Waals surface area (Å²) in [7, 11) is -3.36. The molecule has 1 rings (SSSR count). The van der Waals surface area contributed by atoms with Crippen LogP contribution in [-0.4, -0.2) is 13.3 Å². The fourth-order valence-electron chi connectivity index (χ4n) is 0.886. The average molecular weight is 271 g/mol. The maximum atomic E-state index is 11.0. The molecule has 0 heterocycles. The number of non-ortho nitro benzene ring substituents is 1. The van der Waals surface area contributed by atoms with Crippen molar-refractivity contribution < 1.29 is 13.3 Å². The highest BCUT2D eigenvalue weighted by molar-refractivity contribution is 8.03. The Hall–Kier alpha value is -1.60. The van der Waals surface area contributed by atoms with Crippen LogP contribution in [0.3, 0.4) is 0 Å². The summed E-state index contributed by atoms with van der Waals surface area (Å²) in [4.78, 5) is 10.6. The van der Waals surface area contributed by atoms with E-state index in [1.165, 1.54) is 17.5 Å². The lowest BCUT2D eigenvalue weighted by Crippen LogP contribution is -1.86. The number of sulfone groups is 1. The van der Waals surface area contributed by atoms with E-state index in [0.29, 0.717) is 4.90 Å². The smallest absolute Gasteiger partial charge is 0.258 e. The van der Waals surface area contributed by atoms with E-state index in [2.05, 4.69) is 6.58 Å². The lowest BCUT2D eigenvalue weighted by Gasteiger charge is -1.95. The quantitative estimate of drug-likeness (QED) is 0.467. The number of nitro groups is 1. The van der Waals surface area contributed by atoms with Crippen molar-refractivity contribution in [2.75, 3.05) is 0 Å². The van der Waals surface area contributed by atoms with Gasteiger partial charge in [-0.3, -0.25) is 10.1 Å². The number of nitrogens with zero attached hydrogens (tertiary/aromatic N) is 1. The maximum Gasteiger partial charge on any atom is 0.269 e. The Bertz CT molecular complexity index is 546. The first-order valence-electron chi connectivity index (χ1n) is 4.40. The van der Waals surface area contributed by atoms with Crippen LogP contribution in [0.25, 0.3) is 0 Å². The topological polar surface area (TPSA) is 77.3 Å². The standard InChI is InChI=1S/C10H9NO4S2/c1-2-17(14,15)8-7-16-10-5-3-9(4-6-10)11(12)13/h2-8H,1H2. The van der Waals surface area contributed by atoms with Crippen LogP contribution in [0.5, 0.6) is 0 Å². The fraction of sp³-hybridized carbons (Fsp3) is 0. The zero-order valence-electron chi connectivity index (χ0n) is 8.65. The molecule has 0 N–H and O–H groups in total. The molecule has 0 saturated heterocycles. The first kappa shape index (κ1) is 13.5. The summed E-state index contributed by atoms with van der Waals surface area (Å²) >= 11 is 1.15. The van der Waals surface area contributed by atoms with Crippen LogP contribution in [0, 0.1) is 10.1 Å². The van der Waals surface area contributed by atoms with Gasteiger partial charge in [0.25, 0.3) is 5.69 Å². The van der Waals surface area contributed by atoms with Crippen LogP contribution in [0.4, 0.5) is 5.69 Å². The predicted molar refractivity (Wildman–Crippen MR) is 67.2 cm³/mol. The maximum absolute atomic E-state index is 11.0. The second-order valence-electron chi connectivity index (χ2n) is 2.90. The highest BCUT2D eigenvalue weighted by Crippen LogP contribution is 2.22. The van der Waals surface area contributed by atoms with E-state index in [1.54, 1.807) is 12.1 Å².